The zero-order chi connectivity index (χ0) is 27.5. The van der Waals surface area contributed by atoms with Crippen LogP contribution in [0.2, 0.25) is 0 Å². The van der Waals surface area contributed by atoms with Crippen LogP contribution < -0.4 is 14.4 Å². The lowest BCUT2D eigenvalue weighted by molar-refractivity contribution is -0.151. The third-order valence-corrected chi connectivity index (χ3v) is 6.07. The van der Waals surface area contributed by atoms with Crippen molar-refractivity contribution < 1.29 is 33.3 Å². The Morgan fingerprint density at radius 1 is 0.895 bits per heavy atom. The lowest BCUT2D eigenvalue weighted by Gasteiger charge is -2.29. The number of fused-ring (bicyclic) bond motifs is 1. The third-order valence-electron chi connectivity index (χ3n) is 6.07. The molecule has 0 aliphatic carbocycles. The van der Waals surface area contributed by atoms with Gasteiger partial charge in [0.05, 0.1) is 19.4 Å². The summed E-state index contributed by atoms with van der Waals surface area (Å²) in [5.41, 5.74) is -1.13. The summed E-state index contributed by atoms with van der Waals surface area (Å²) in [5.74, 6) is -0.563. The molecule has 8 heteroatoms. The van der Waals surface area contributed by atoms with Crippen LogP contribution in [0, 0.1) is 0 Å². The van der Waals surface area contributed by atoms with E-state index in [1.807, 2.05) is 24.3 Å². The lowest BCUT2D eigenvalue weighted by atomic mass is 9.74. The smallest absolute Gasteiger partial charge is 0.421 e. The van der Waals surface area contributed by atoms with Gasteiger partial charge in [0.1, 0.15) is 23.7 Å². The van der Waals surface area contributed by atoms with Gasteiger partial charge in [-0.15, -0.1) is 0 Å². The molecule has 0 saturated carbocycles. The molecule has 0 spiro atoms. The Balaban J connectivity index is 1.84. The van der Waals surface area contributed by atoms with Crippen molar-refractivity contribution in [3.8, 4) is 11.5 Å². The van der Waals surface area contributed by atoms with Crippen LogP contribution in [-0.4, -0.2) is 37.3 Å². The molecule has 0 bridgehead atoms. The molecule has 3 aromatic rings. The van der Waals surface area contributed by atoms with Crippen LogP contribution in [0.15, 0.2) is 72.8 Å². The van der Waals surface area contributed by atoms with Crippen LogP contribution in [-0.2, 0) is 31.1 Å². The molecular weight excluding hydrogens is 486 g/mol. The summed E-state index contributed by atoms with van der Waals surface area (Å²) in [4.78, 5) is 42.3. The highest BCUT2D eigenvalue weighted by molar-refractivity contribution is 6.30. The second-order valence-electron chi connectivity index (χ2n) is 9.74. The van der Waals surface area contributed by atoms with E-state index >= 15 is 0 Å². The summed E-state index contributed by atoms with van der Waals surface area (Å²) in [5, 5.41) is 0. The number of benzene rings is 3. The maximum atomic E-state index is 14.3. The highest BCUT2D eigenvalue weighted by Crippen LogP contribution is 2.50. The predicted octanol–water partition coefficient (Wildman–Crippen LogP) is 5.41. The highest BCUT2D eigenvalue weighted by Gasteiger charge is 2.62. The minimum atomic E-state index is -1.97. The van der Waals surface area contributed by atoms with Crippen LogP contribution in [0.1, 0.15) is 44.4 Å². The molecule has 8 nitrogen and oxygen atoms in total. The fourth-order valence-corrected chi connectivity index (χ4v) is 4.46. The number of esters is 1. The Kier molecular flexibility index (Phi) is 7.44. The Bertz CT molecular complexity index is 1340. The number of carbonyl (C=O) groups excluding carboxylic acids is 3. The number of amides is 2. The molecule has 1 aliphatic heterocycles. The first kappa shape index (κ1) is 26.7. The van der Waals surface area contributed by atoms with E-state index in [1.165, 1.54) is 0 Å². The average molecular weight is 518 g/mol. The number of para-hydroxylation sites is 2. The molecule has 0 saturated heterocycles. The number of hydrogen-bond donors (Lipinski definition) is 0. The van der Waals surface area contributed by atoms with Crippen molar-refractivity contribution in [3.63, 3.8) is 0 Å². The van der Waals surface area contributed by atoms with Gasteiger partial charge in [0.2, 0.25) is 5.41 Å². The first-order valence-electron chi connectivity index (χ1n) is 12.3. The number of imide groups is 1. The molecule has 3 aromatic carbocycles. The molecule has 0 radical (unpaired) electrons. The van der Waals surface area contributed by atoms with Crippen molar-refractivity contribution in [3.05, 3.63) is 89.5 Å². The van der Waals surface area contributed by atoms with Gasteiger partial charge in [0.15, 0.2) is 0 Å². The molecule has 198 valence electrons. The minimum absolute atomic E-state index is 0.0390. The molecule has 2 amide bonds. The van der Waals surface area contributed by atoms with Crippen molar-refractivity contribution in [2.75, 3.05) is 18.6 Å². The van der Waals surface area contributed by atoms with Crippen LogP contribution in [0.25, 0.3) is 0 Å². The van der Waals surface area contributed by atoms with E-state index in [9.17, 15) is 14.4 Å². The zero-order valence-electron chi connectivity index (χ0n) is 22.1. The Morgan fingerprint density at radius 3 is 2.16 bits per heavy atom. The first-order chi connectivity index (χ1) is 18.1. The van der Waals surface area contributed by atoms with Gasteiger partial charge in [-0.1, -0.05) is 48.5 Å². The standard InChI is InChI=1S/C30H31NO7/c1-6-36-27(33)30(22-11-7-9-13-24(22)31(26(30)32)28(34)38-29(2,3)4)23-12-8-10-14-25(23)37-19-20-15-17-21(35-5)18-16-20/h7-18H,6,19H2,1-5H3. The monoisotopic (exact) mass is 517 g/mol. The SMILES string of the molecule is CCOC(=O)C1(c2ccccc2OCc2ccc(OC)cc2)C(=O)N(C(=O)OC(C)(C)C)c2ccccc21. The van der Waals surface area contributed by atoms with E-state index in [1.54, 1.807) is 83.3 Å². The summed E-state index contributed by atoms with van der Waals surface area (Å²) in [6.07, 6.45) is -0.877. The third kappa shape index (κ3) is 4.81. The predicted molar refractivity (Wildman–Crippen MR) is 141 cm³/mol. The maximum Gasteiger partial charge on any atom is 0.421 e. The van der Waals surface area contributed by atoms with E-state index in [-0.39, 0.29) is 24.5 Å². The largest absolute Gasteiger partial charge is 0.497 e. The van der Waals surface area contributed by atoms with Crippen molar-refractivity contribution in [2.45, 2.75) is 45.3 Å². The molecule has 1 unspecified atom stereocenters. The van der Waals surface area contributed by atoms with E-state index < -0.39 is 29.0 Å². The zero-order valence-corrected chi connectivity index (χ0v) is 22.1. The Morgan fingerprint density at radius 2 is 1.53 bits per heavy atom. The fraction of sp³-hybridized carbons (Fsp3) is 0.300. The summed E-state index contributed by atoms with van der Waals surface area (Å²) in [7, 11) is 1.59. The molecule has 0 aromatic heterocycles. The number of methoxy groups -OCH3 is 1. The number of ether oxygens (including phenoxy) is 4. The van der Waals surface area contributed by atoms with Gasteiger partial charge in [0.25, 0.3) is 5.91 Å². The van der Waals surface area contributed by atoms with Gasteiger partial charge in [-0.25, -0.2) is 9.69 Å². The minimum Gasteiger partial charge on any atom is -0.497 e. The van der Waals surface area contributed by atoms with Crippen LogP contribution in [0.4, 0.5) is 10.5 Å². The van der Waals surface area contributed by atoms with Crippen molar-refractivity contribution in [1.29, 1.82) is 0 Å². The van der Waals surface area contributed by atoms with Crippen molar-refractivity contribution in [1.82, 2.24) is 0 Å². The second-order valence-corrected chi connectivity index (χ2v) is 9.74. The molecule has 38 heavy (non-hydrogen) atoms. The number of carbonyl (C=O) groups is 3. The fourth-order valence-electron chi connectivity index (χ4n) is 4.46. The van der Waals surface area contributed by atoms with Crippen molar-refractivity contribution >= 4 is 23.7 Å². The molecule has 0 N–H and O–H groups in total. The van der Waals surface area contributed by atoms with Crippen LogP contribution in [0.3, 0.4) is 0 Å². The van der Waals surface area contributed by atoms with Gasteiger partial charge in [-0.2, -0.15) is 0 Å². The van der Waals surface area contributed by atoms with Crippen molar-refractivity contribution in [2.24, 2.45) is 0 Å². The van der Waals surface area contributed by atoms with Crippen LogP contribution >= 0.6 is 0 Å². The average Bonchev–Trinajstić information content (AvgIpc) is 3.16. The van der Waals surface area contributed by atoms with Crippen LogP contribution in [0.5, 0.6) is 11.5 Å². The Labute approximate surface area is 222 Å². The summed E-state index contributed by atoms with van der Waals surface area (Å²) >= 11 is 0. The molecule has 1 aliphatic rings. The number of nitrogens with zero attached hydrogens (tertiary/aromatic N) is 1. The van der Waals surface area contributed by atoms with Gasteiger partial charge >= 0.3 is 12.1 Å². The molecule has 4 rings (SSSR count). The summed E-state index contributed by atoms with van der Waals surface area (Å²) < 4.78 is 22.4. The summed E-state index contributed by atoms with van der Waals surface area (Å²) in [6.45, 7) is 6.99. The molecular formula is C30H31NO7. The first-order valence-corrected chi connectivity index (χ1v) is 12.3. The maximum absolute atomic E-state index is 14.3. The van der Waals surface area contributed by atoms with E-state index in [4.69, 9.17) is 18.9 Å². The lowest BCUT2D eigenvalue weighted by Crippen LogP contribution is -2.50. The van der Waals surface area contributed by atoms with E-state index in [2.05, 4.69) is 0 Å². The Hall–Kier alpha value is -4.33. The second kappa shape index (κ2) is 10.6. The molecule has 0 fully saturated rings. The van der Waals surface area contributed by atoms with Gasteiger partial charge in [-0.3, -0.25) is 9.59 Å². The quantitative estimate of drug-likeness (QED) is 0.306. The topological polar surface area (TPSA) is 91.4 Å². The van der Waals surface area contributed by atoms with Gasteiger partial charge in [-0.05, 0) is 57.5 Å². The molecule has 1 heterocycles. The van der Waals surface area contributed by atoms with Gasteiger partial charge in [0, 0.05) is 11.1 Å². The highest BCUT2D eigenvalue weighted by atomic mass is 16.6. The van der Waals surface area contributed by atoms with Gasteiger partial charge < -0.3 is 18.9 Å². The summed E-state index contributed by atoms with van der Waals surface area (Å²) in [6, 6.07) is 20.8. The number of rotatable bonds is 7. The normalized spacial score (nSPS) is 16.6. The molecule has 1 atom stereocenters. The number of hydrogen-bond acceptors (Lipinski definition) is 7. The van der Waals surface area contributed by atoms with E-state index in [0.717, 1.165) is 10.5 Å². The van der Waals surface area contributed by atoms with E-state index in [0.29, 0.717) is 17.1 Å². The number of anilines is 1.